The maximum Gasteiger partial charge on any atom is 0.442 e. The first-order valence-electron chi connectivity index (χ1n) is 9.67. The second-order valence-corrected chi connectivity index (χ2v) is 7.27. The predicted molar refractivity (Wildman–Crippen MR) is 98.5 cm³/mol. The molecule has 1 aromatic rings. The molecule has 1 heterocycles. The fourth-order valence-corrected chi connectivity index (χ4v) is 3.76. The number of nitrogens with one attached hydrogen (secondary N) is 1. The van der Waals surface area contributed by atoms with Gasteiger partial charge in [-0.3, -0.25) is 14.5 Å². The Morgan fingerprint density at radius 1 is 1.25 bits per heavy atom. The van der Waals surface area contributed by atoms with E-state index in [1.54, 1.807) is 30.3 Å². The van der Waals surface area contributed by atoms with Crippen LogP contribution < -0.4 is 5.32 Å². The van der Waals surface area contributed by atoms with Gasteiger partial charge in [0.05, 0.1) is 0 Å². The zero-order chi connectivity index (χ0) is 20.4. The van der Waals surface area contributed by atoms with Gasteiger partial charge in [-0.25, -0.2) is 4.99 Å². The third kappa shape index (κ3) is 3.64. The van der Waals surface area contributed by atoms with Crippen LogP contribution in [0.5, 0.6) is 0 Å². The molecule has 0 radical (unpaired) electrons. The van der Waals surface area contributed by atoms with Crippen LogP contribution in [0.2, 0.25) is 0 Å². The molecule has 1 aliphatic heterocycles. The molecule has 0 aromatic heterocycles. The Morgan fingerprint density at radius 3 is 2.46 bits per heavy atom. The molecule has 0 bridgehead atoms. The van der Waals surface area contributed by atoms with Crippen molar-refractivity contribution in [2.75, 3.05) is 0 Å². The lowest BCUT2D eigenvalue weighted by atomic mass is 10.1. The Morgan fingerprint density at radius 2 is 1.89 bits per heavy atom. The molecule has 1 fully saturated rings. The first kappa shape index (κ1) is 20.4. The lowest BCUT2D eigenvalue weighted by molar-refractivity contribution is -0.200. The van der Waals surface area contributed by atoms with Gasteiger partial charge in [0.1, 0.15) is 5.84 Å². The molecule has 5 nitrogen and oxygen atoms in total. The monoisotopic (exact) mass is 395 g/mol. The molecule has 2 aliphatic rings. The second-order valence-electron chi connectivity index (χ2n) is 7.27. The van der Waals surface area contributed by atoms with Gasteiger partial charge in [0.2, 0.25) is 5.91 Å². The van der Waals surface area contributed by atoms with Gasteiger partial charge in [0.25, 0.3) is 5.91 Å². The van der Waals surface area contributed by atoms with E-state index in [2.05, 4.69) is 4.99 Å². The molecule has 0 unspecified atom stereocenters. The summed E-state index contributed by atoms with van der Waals surface area (Å²) in [5.41, 5.74) is -2.83. The highest BCUT2D eigenvalue weighted by Crippen LogP contribution is 2.41. The van der Waals surface area contributed by atoms with Crippen LogP contribution >= 0.6 is 0 Å². The van der Waals surface area contributed by atoms with E-state index < -0.39 is 23.7 Å². The van der Waals surface area contributed by atoms with Crippen molar-refractivity contribution in [3.63, 3.8) is 0 Å². The summed E-state index contributed by atoms with van der Waals surface area (Å²) in [6.45, 7) is 1.83. The first-order valence-corrected chi connectivity index (χ1v) is 9.67. The number of aliphatic imine (C=N–C) groups is 1. The summed E-state index contributed by atoms with van der Waals surface area (Å²) in [4.78, 5) is 30.3. The number of unbranched alkanes of at least 4 members (excludes halogenated alkanes) is 1. The van der Waals surface area contributed by atoms with E-state index in [9.17, 15) is 22.8 Å². The fourth-order valence-electron chi connectivity index (χ4n) is 3.76. The van der Waals surface area contributed by atoms with Gasteiger partial charge in [-0.05, 0) is 19.3 Å². The highest BCUT2D eigenvalue weighted by atomic mass is 19.4. The lowest BCUT2D eigenvalue weighted by Crippen LogP contribution is -2.64. The van der Waals surface area contributed by atoms with Crippen LogP contribution in [0.15, 0.2) is 35.3 Å². The summed E-state index contributed by atoms with van der Waals surface area (Å²) >= 11 is 0. The van der Waals surface area contributed by atoms with Crippen molar-refractivity contribution in [2.45, 2.75) is 69.8 Å². The summed E-state index contributed by atoms with van der Waals surface area (Å²) in [5.74, 6) is -2.06. The summed E-state index contributed by atoms with van der Waals surface area (Å²) < 4.78 is 42.4. The summed E-state index contributed by atoms with van der Waals surface area (Å²) in [6.07, 6.45) is -1.09. The van der Waals surface area contributed by atoms with E-state index >= 15 is 0 Å². The number of benzene rings is 1. The molecular weight excluding hydrogens is 371 g/mol. The van der Waals surface area contributed by atoms with Crippen molar-refractivity contribution >= 4 is 17.6 Å². The van der Waals surface area contributed by atoms with Gasteiger partial charge in [-0.1, -0.05) is 56.5 Å². The van der Waals surface area contributed by atoms with Gasteiger partial charge in [0.15, 0.2) is 0 Å². The minimum atomic E-state index is -5.04. The minimum absolute atomic E-state index is 0.0226. The third-order valence-corrected chi connectivity index (χ3v) is 5.24. The average Bonchev–Trinajstić information content (AvgIpc) is 3.27. The van der Waals surface area contributed by atoms with Crippen molar-refractivity contribution in [3.05, 3.63) is 35.9 Å². The number of halogens is 3. The van der Waals surface area contributed by atoms with Crippen molar-refractivity contribution < 1.29 is 22.8 Å². The Bertz CT molecular complexity index is 758. The molecule has 1 atom stereocenters. The maximum absolute atomic E-state index is 14.1. The van der Waals surface area contributed by atoms with Crippen LogP contribution in [0.4, 0.5) is 13.2 Å². The molecule has 0 saturated heterocycles. The standard InChI is InChI=1S/C20H24F3N3O2/c1-2-3-13-16(27)24-19(20(21,22)23)18(28)26(15-11-7-8-12-15)17(25-19)14-9-5-4-6-10-14/h4-6,9-10,15H,2-3,7-8,11-13H2,1H3,(H,24,27)/t19-/m1/s1. The Labute approximate surface area is 162 Å². The summed E-state index contributed by atoms with van der Waals surface area (Å²) in [5, 5.41) is 1.93. The number of hydrogen-bond donors (Lipinski definition) is 1. The lowest BCUT2D eigenvalue weighted by Gasteiger charge is -2.31. The van der Waals surface area contributed by atoms with E-state index in [1.165, 1.54) is 0 Å². The van der Waals surface area contributed by atoms with Crippen molar-refractivity contribution in [1.82, 2.24) is 10.2 Å². The van der Waals surface area contributed by atoms with Crippen molar-refractivity contribution in [1.29, 1.82) is 0 Å². The number of rotatable bonds is 6. The maximum atomic E-state index is 14.1. The van der Waals surface area contributed by atoms with Crippen LogP contribution in [0.1, 0.15) is 57.4 Å². The fraction of sp³-hybridized carbons (Fsp3) is 0.550. The van der Waals surface area contributed by atoms with Gasteiger partial charge >= 0.3 is 11.8 Å². The zero-order valence-corrected chi connectivity index (χ0v) is 15.8. The predicted octanol–water partition coefficient (Wildman–Crippen LogP) is 3.78. The van der Waals surface area contributed by atoms with Crippen molar-refractivity contribution in [3.8, 4) is 0 Å². The number of hydrogen-bond acceptors (Lipinski definition) is 3. The summed E-state index contributed by atoms with van der Waals surface area (Å²) in [7, 11) is 0. The number of amides is 2. The SMILES string of the molecule is CCCCC(=O)N[C@@]1(C(F)(F)F)N=C(c2ccccc2)N(C2CCCC2)C1=O. The Hall–Kier alpha value is -2.38. The largest absolute Gasteiger partial charge is 0.442 e. The highest BCUT2D eigenvalue weighted by molar-refractivity contribution is 6.16. The quantitative estimate of drug-likeness (QED) is 0.797. The molecule has 1 N–H and O–H groups in total. The molecule has 1 saturated carbocycles. The molecule has 28 heavy (non-hydrogen) atoms. The average molecular weight is 395 g/mol. The smallest absolute Gasteiger partial charge is 0.316 e. The number of carbonyl (C=O) groups is 2. The van der Waals surface area contributed by atoms with Gasteiger partial charge < -0.3 is 5.32 Å². The summed E-state index contributed by atoms with van der Waals surface area (Å²) in [6, 6.07) is 8.01. The van der Waals surface area contributed by atoms with E-state index in [1.807, 2.05) is 12.2 Å². The van der Waals surface area contributed by atoms with E-state index in [0.717, 1.165) is 17.7 Å². The molecule has 1 aromatic carbocycles. The number of nitrogens with zero attached hydrogens (tertiary/aromatic N) is 2. The molecule has 0 spiro atoms. The molecular formula is C20H24F3N3O2. The third-order valence-electron chi connectivity index (χ3n) is 5.24. The van der Waals surface area contributed by atoms with Crippen LogP contribution in [0.3, 0.4) is 0 Å². The Balaban J connectivity index is 2.06. The Kier molecular flexibility index (Phi) is 5.76. The van der Waals surface area contributed by atoms with Gasteiger partial charge in [-0.15, -0.1) is 0 Å². The van der Waals surface area contributed by atoms with Crippen LogP contribution in [0, 0.1) is 0 Å². The molecule has 152 valence electrons. The normalized spacial score (nSPS) is 23.2. The molecule has 8 heteroatoms. The highest BCUT2D eigenvalue weighted by Gasteiger charge is 2.67. The van der Waals surface area contributed by atoms with Crippen LogP contribution in [-0.2, 0) is 9.59 Å². The molecule has 1 aliphatic carbocycles. The first-order chi connectivity index (χ1) is 13.3. The minimum Gasteiger partial charge on any atom is -0.316 e. The topological polar surface area (TPSA) is 61.8 Å². The number of amidine groups is 1. The van der Waals surface area contributed by atoms with Crippen LogP contribution in [-0.4, -0.2) is 40.4 Å². The second kappa shape index (κ2) is 7.93. The number of carbonyl (C=O) groups excluding carboxylic acids is 2. The van der Waals surface area contributed by atoms with Gasteiger partial charge in [-0.2, -0.15) is 13.2 Å². The molecule has 3 rings (SSSR count). The van der Waals surface area contributed by atoms with E-state index in [-0.39, 0.29) is 18.3 Å². The van der Waals surface area contributed by atoms with E-state index in [0.29, 0.717) is 31.2 Å². The van der Waals surface area contributed by atoms with Crippen molar-refractivity contribution in [2.24, 2.45) is 4.99 Å². The van der Waals surface area contributed by atoms with E-state index in [4.69, 9.17) is 0 Å². The molecule has 2 amide bonds. The number of alkyl halides is 3. The van der Waals surface area contributed by atoms with Crippen LogP contribution in [0.25, 0.3) is 0 Å². The zero-order valence-electron chi connectivity index (χ0n) is 15.8. The van der Waals surface area contributed by atoms with Gasteiger partial charge in [0, 0.05) is 18.0 Å².